The van der Waals surface area contributed by atoms with Crippen molar-refractivity contribution in [3.63, 3.8) is 0 Å². The molecule has 194 valence electrons. The van der Waals surface area contributed by atoms with Gasteiger partial charge in [0.2, 0.25) is 0 Å². The summed E-state index contributed by atoms with van der Waals surface area (Å²) in [6.07, 6.45) is 3.85. The lowest BCUT2D eigenvalue weighted by Crippen LogP contribution is -1.90. The zero-order valence-electron chi connectivity index (χ0n) is 22.8. The van der Waals surface area contributed by atoms with Crippen LogP contribution in [0, 0.1) is 0 Å². The van der Waals surface area contributed by atoms with Crippen LogP contribution in [0.15, 0.2) is 146 Å². The molecular weight excluding hydrogens is 508 g/mol. The minimum atomic E-state index is 1.02. The van der Waals surface area contributed by atoms with Crippen LogP contribution < -0.4 is 0 Å². The molecule has 0 aliphatic rings. The maximum Gasteiger partial charge on any atom is 0.0702 e. The van der Waals surface area contributed by atoms with Gasteiger partial charge in [-0.2, -0.15) is 0 Å². The van der Waals surface area contributed by atoms with E-state index in [0.29, 0.717) is 0 Å². The molecule has 9 aromatic rings. The van der Waals surface area contributed by atoms with E-state index < -0.39 is 0 Å². The second kappa shape index (κ2) is 8.95. The fraction of sp³-hybridized carbons (Fsp3) is 0. The van der Waals surface area contributed by atoms with E-state index in [-0.39, 0.29) is 0 Å². The van der Waals surface area contributed by atoms with Crippen LogP contribution in [0.3, 0.4) is 0 Å². The standard InChI is InChI=1S/C40H24N2/c1-2-6-37-30(4-1)23-32(24-42-37)34-17-12-28-13-18-35-33(16-11-27-14-19-36(34)40(28)39(27)35)26-9-7-25(8-10-26)29-15-20-38-31(22-29)5-3-21-41-38/h1-24H. The molecule has 0 aliphatic carbocycles. The molecule has 2 nitrogen and oxygen atoms in total. The zero-order valence-corrected chi connectivity index (χ0v) is 22.8. The van der Waals surface area contributed by atoms with Gasteiger partial charge >= 0.3 is 0 Å². The third-order valence-corrected chi connectivity index (χ3v) is 8.70. The normalized spacial score (nSPS) is 11.8. The van der Waals surface area contributed by atoms with Crippen molar-refractivity contribution in [1.82, 2.24) is 9.97 Å². The number of aromatic nitrogens is 2. The molecule has 0 saturated heterocycles. The lowest BCUT2D eigenvalue weighted by Gasteiger charge is -2.17. The van der Waals surface area contributed by atoms with E-state index >= 15 is 0 Å². The zero-order chi connectivity index (χ0) is 27.6. The Morgan fingerprint density at radius 1 is 0.357 bits per heavy atom. The predicted octanol–water partition coefficient (Wildman–Crippen LogP) is 10.7. The third-order valence-electron chi connectivity index (χ3n) is 8.70. The number of benzene rings is 7. The summed E-state index contributed by atoms with van der Waals surface area (Å²) in [5, 5.41) is 10.0. The van der Waals surface area contributed by atoms with Crippen LogP contribution in [0.2, 0.25) is 0 Å². The molecule has 2 aromatic heterocycles. The summed E-state index contributed by atoms with van der Waals surface area (Å²) >= 11 is 0. The van der Waals surface area contributed by atoms with Crippen LogP contribution in [-0.4, -0.2) is 9.97 Å². The number of hydrogen-bond donors (Lipinski definition) is 0. The average Bonchev–Trinajstić information content (AvgIpc) is 3.06. The van der Waals surface area contributed by atoms with Gasteiger partial charge in [-0.3, -0.25) is 9.97 Å². The summed E-state index contributed by atoms with van der Waals surface area (Å²) in [6.45, 7) is 0. The molecule has 0 aliphatic heterocycles. The highest BCUT2D eigenvalue weighted by Crippen LogP contribution is 2.42. The van der Waals surface area contributed by atoms with Crippen molar-refractivity contribution in [2.45, 2.75) is 0 Å². The van der Waals surface area contributed by atoms with Crippen molar-refractivity contribution in [2.75, 3.05) is 0 Å². The monoisotopic (exact) mass is 532 g/mol. The van der Waals surface area contributed by atoms with E-state index in [1.54, 1.807) is 0 Å². The van der Waals surface area contributed by atoms with Gasteiger partial charge in [0.1, 0.15) is 0 Å². The number of nitrogens with zero attached hydrogens (tertiary/aromatic N) is 2. The smallest absolute Gasteiger partial charge is 0.0702 e. The van der Waals surface area contributed by atoms with Crippen molar-refractivity contribution in [3.05, 3.63) is 146 Å². The number of hydrogen-bond acceptors (Lipinski definition) is 2. The summed E-state index contributed by atoms with van der Waals surface area (Å²) in [7, 11) is 0. The number of pyridine rings is 2. The molecule has 2 heteroatoms. The average molecular weight is 533 g/mol. The first kappa shape index (κ1) is 23.1. The first-order valence-electron chi connectivity index (χ1n) is 14.3. The van der Waals surface area contributed by atoms with Crippen molar-refractivity contribution >= 4 is 54.1 Å². The summed E-state index contributed by atoms with van der Waals surface area (Å²) in [5.41, 5.74) is 9.28. The van der Waals surface area contributed by atoms with E-state index in [1.807, 2.05) is 24.5 Å². The van der Waals surface area contributed by atoms with Crippen LogP contribution >= 0.6 is 0 Å². The van der Waals surface area contributed by atoms with Gasteiger partial charge in [0.05, 0.1) is 11.0 Å². The van der Waals surface area contributed by atoms with Crippen LogP contribution in [0.4, 0.5) is 0 Å². The molecule has 9 rings (SSSR count). The fourth-order valence-electron chi connectivity index (χ4n) is 6.62. The van der Waals surface area contributed by atoms with Gasteiger partial charge in [0, 0.05) is 28.7 Å². The second-order valence-electron chi connectivity index (χ2n) is 11.1. The molecule has 0 bridgehead atoms. The minimum absolute atomic E-state index is 1.02. The Hall–Kier alpha value is -5.60. The second-order valence-corrected chi connectivity index (χ2v) is 11.1. The number of fused-ring (bicyclic) bond motifs is 2. The van der Waals surface area contributed by atoms with Gasteiger partial charge in [-0.1, -0.05) is 103 Å². The highest BCUT2D eigenvalue weighted by Gasteiger charge is 2.15. The summed E-state index contributed by atoms with van der Waals surface area (Å²) in [4.78, 5) is 9.23. The Morgan fingerprint density at radius 3 is 1.69 bits per heavy atom. The van der Waals surface area contributed by atoms with Crippen LogP contribution in [0.25, 0.3) is 87.5 Å². The Morgan fingerprint density at radius 2 is 0.929 bits per heavy atom. The van der Waals surface area contributed by atoms with E-state index in [2.05, 4.69) is 126 Å². The van der Waals surface area contributed by atoms with Gasteiger partial charge in [-0.25, -0.2) is 0 Å². The van der Waals surface area contributed by atoms with Gasteiger partial charge in [0.15, 0.2) is 0 Å². The van der Waals surface area contributed by atoms with Crippen LogP contribution in [0.5, 0.6) is 0 Å². The topological polar surface area (TPSA) is 25.8 Å². The first-order valence-corrected chi connectivity index (χ1v) is 14.3. The summed E-state index contributed by atoms with van der Waals surface area (Å²) in [6, 6.07) is 48.3. The molecular formula is C40H24N2. The number of rotatable bonds is 3. The van der Waals surface area contributed by atoms with Crippen molar-refractivity contribution in [3.8, 4) is 33.4 Å². The summed E-state index contributed by atoms with van der Waals surface area (Å²) in [5.74, 6) is 0. The molecule has 0 unspecified atom stereocenters. The molecule has 2 heterocycles. The molecule has 0 atom stereocenters. The van der Waals surface area contributed by atoms with Crippen LogP contribution in [-0.2, 0) is 0 Å². The highest BCUT2D eigenvalue weighted by atomic mass is 14.6. The Labute approximate surface area is 242 Å². The SMILES string of the molecule is c1cnc2ccc(-c3ccc(-c4ccc5ccc6c(-c7cnc8ccccc8c7)ccc7ccc4c5c76)cc3)cc2c1. The van der Waals surface area contributed by atoms with E-state index in [9.17, 15) is 0 Å². The quantitative estimate of drug-likeness (QED) is 0.212. The van der Waals surface area contributed by atoms with Gasteiger partial charge in [0.25, 0.3) is 0 Å². The third kappa shape index (κ3) is 3.52. The lowest BCUT2D eigenvalue weighted by molar-refractivity contribution is 1.41. The molecule has 0 N–H and O–H groups in total. The summed E-state index contributed by atoms with van der Waals surface area (Å²) < 4.78 is 0. The number of para-hydroxylation sites is 1. The molecule has 7 aromatic carbocycles. The molecule has 0 amide bonds. The van der Waals surface area contributed by atoms with Gasteiger partial charge in [-0.15, -0.1) is 0 Å². The van der Waals surface area contributed by atoms with Crippen molar-refractivity contribution in [1.29, 1.82) is 0 Å². The molecule has 0 saturated carbocycles. The Bertz CT molecular complexity index is 2460. The van der Waals surface area contributed by atoms with E-state index in [1.165, 1.54) is 60.1 Å². The molecule has 0 radical (unpaired) electrons. The maximum absolute atomic E-state index is 4.76. The van der Waals surface area contributed by atoms with Crippen molar-refractivity contribution < 1.29 is 0 Å². The highest BCUT2D eigenvalue weighted by molar-refractivity contribution is 6.27. The van der Waals surface area contributed by atoms with E-state index in [4.69, 9.17) is 4.98 Å². The maximum atomic E-state index is 4.76. The Kier molecular flexibility index (Phi) is 4.93. The fourth-order valence-corrected chi connectivity index (χ4v) is 6.62. The lowest BCUT2D eigenvalue weighted by atomic mass is 9.87. The van der Waals surface area contributed by atoms with Crippen molar-refractivity contribution in [2.24, 2.45) is 0 Å². The molecule has 0 spiro atoms. The van der Waals surface area contributed by atoms with Gasteiger partial charge < -0.3 is 0 Å². The first-order chi connectivity index (χ1) is 20.8. The molecule has 0 fully saturated rings. The van der Waals surface area contributed by atoms with E-state index in [0.717, 1.165) is 27.4 Å². The Balaban J connectivity index is 1.19. The van der Waals surface area contributed by atoms with Crippen LogP contribution in [0.1, 0.15) is 0 Å². The largest absolute Gasteiger partial charge is 0.256 e. The van der Waals surface area contributed by atoms with Gasteiger partial charge in [-0.05, 0) is 90.5 Å². The predicted molar refractivity (Wildman–Crippen MR) is 177 cm³/mol. The molecule has 42 heavy (non-hydrogen) atoms. The minimum Gasteiger partial charge on any atom is -0.256 e.